The fraction of sp³-hybridized carbons (Fsp3) is 0.467. The molecule has 5 heteroatoms. The number of carbonyl (C=O) groups excluding carboxylic acids is 1. The van der Waals surface area contributed by atoms with Crippen molar-refractivity contribution in [2.45, 2.75) is 25.3 Å². The zero-order chi connectivity index (χ0) is 14.5. The topological polar surface area (TPSA) is 78.4 Å². The number of rotatable bonds is 7. The third-order valence-corrected chi connectivity index (χ3v) is 3.55. The minimum atomic E-state index is -0.950. The first-order valence-electron chi connectivity index (χ1n) is 6.89. The lowest BCUT2D eigenvalue weighted by atomic mass is 10.0. The number of benzene rings is 1. The van der Waals surface area contributed by atoms with Gasteiger partial charge in [-0.3, -0.25) is 4.79 Å². The van der Waals surface area contributed by atoms with Gasteiger partial charge in [-0.05, 0) is 50.4 Å². The molecule has 1 atom stereocenters. The highest BCUT2D eigenvalue weighted by atomic mass is 16.4. The van der Waals surface area contributed by atoms with Crippen LogP contribution >= 0.6 is 0 Å². The number of carboxylic acid groups (broad SMARTS) is 1. The third-order valence-electron chi connectivity index (χ3n) is 3.55. The zero-order valence-electron chi connectivity index (χ0n) is 11.6. The van der Waals surface area contributed by atoms with Gasteiger partial charge >= 0.3 is 5.97 Å². The van der Waals surface area contributed by atoms with Crippen LogP contribution in [0.25, 0.3) is 0 Å². The zero-order valence-corrected chi connectivity index (χ0v) is 11.6. The van der Waals surface area contributed by atoms with E-state index in [2.05, 4.69) is 10.6 Å². The molecule has 0 spiro atoms. The van der Waals surface area contributed by atoms with Gasteiger partial charge in [0.15, 0.2) is 0 Å². The second-order valence-corrected chi connectivity index (χ2v) is 5.14. The van der Waals surface area contributed by atoms with Crippen molar-refractivity contribution in [1.82, 2.24) is 10.6 Å². The Hall–Kier alpha value is -1.88. The van der Waals surface area contributed by atoms with Crippen LogP contribution in [-0.2, 0) is 11.2 Å². The number of carbonyl (C=O) groups is 2. The normalized spacial score (nSPS) is 15.7. The van der Waals surface area contributed by atoms with Crippen molar-refractivity contribution in [2.24, 2.45) is 5.92 Å². The fourth-order valence-electron chi connectivity index (χ4n) is 2.25. The summed E-state index contributed by atoms with van der Waals surface area (Å²) in [5.41, 5.74) is 1.49. The number of likely N-dealkylation sites (N-methyl/N-ethyl adjacent to an activating group) is 1. The molecule has 1 amide bonds. The number of aliphatic carboxylic acids is 1. The average Bonchev–Trinajstić information content (AvgIpc) is 3.26. The standard InChI is InChI=1S/C15H20N2O3/c1-16-9-8-10-4-2-3-5-12(10)14(18)17-13(15(19)20)11-6-7-11/h2-5,11,13,16H,6-9H2,1H3,(H,17,18)(H,19,20). The molecule has 3 N–H and O–H groups in total. The van der Waals surface area contributed by atoms with E-state index in [1.807, 2.05) is 19.2 Å². The first-order valence-corrected chi connectivity index (χ1v) is 6.89. The summed E-state index contributed by atoms with van der Waals surface area (Å²) in [6, 6.07) is 6.56. The molecule has 0 aromatic heterocycles. The Morgan fingerprint density at radius 1 is 1.35 bits per heavy atom. The van der Waals surface area contributed by atoms with Crippen molar-refractivity contribution in [3.05, 3.63) is 35.4 Å². The highest BCUT2D eigenvalue weighted by molar-refractivity contribution is 5.98. The molecule has 2 rings (SSSR count). The van der Waals surface area contributed by atoms with Crippen molar-refractivity contribution in [3.63, 3.8) is 0 Å². The molecule has 0 heterocycles. The van der Waals surface area contributed by atoms with Crippen molar-refractivity contribution in [2.75, 3.05) is 13.6 Å². The van der Waals surface area contributed by atoms with Gasteiger partial charge in [-0.2, -0.15) is 0 Å². The molecular weight excluding hydrogens is 256 g/mol. The Bertz CT molecular complexity index is 498. The van der Waals surface area contributed by atoms with Crippen molar-refractivity contribution < 1.29 is 14.7 Å². The van der Waals surface area contributed by atoms with E-state index in [0.717, 1.165) is 31.4 Å². The maximum atomic E-state index is 12.3. The van der Waals surface area contributed by atoms with Gasteiger partial charge in [0.1, 0.15) is 6.04 Å². The summed E-state index contributed by atoms with van der Waals surface area (Å²) in [4.78, 5) is 23.5. The lowest BCUT2D eigenvalue weighted by Crippen LogP contribution is -2.42. The molecule has 0 saturated heterocycles. The van der Waals surface area contributed by atoms with Gasteiger partial charge < -0.3 is 15.7 Å². The summed E-state index contributed by atoms with van der Waals surface area (Å²) >= 11 is 0. The highest BCUT2D eigenvalue weighted by Crippen LogP contribution is 2.32. The van der Waals surface area contributed by atoms with Crippen molar-refractivity contribution in [1.29, 1.82) is 0 Å². The van der Waals surface area contributed by atoms with Crippen LogP contribution in [0, 0.1) is 5.92 Å². The van der Waals surface area contributed by atoms with Gasteiger partial charge in [-0.1, -0.05) is 18.2 Å². The van der Waals surface area contributed by atoms with Crippen molar-refractivity contribution >= 4 is 11.9 Å². The monoisotopic (exact) mass is 276 g/mol. The Balaban J connectivity index is 2.09. The van der Waals surface area contributed by atoms with Crippen LogP contribution in [0.2, 0.25) is 0 Å². The summed E-state index contributed by atoms with van der Waals surface area (Å²) in [7, 11) is 1.86. The Morgan fingerprint density at radius 3 is 2.65 bits per heavy atom. The van der Waals surface area contributed by atoms with Crippen LogP contribution in [0.3, 0.4) is 0 Å². The van der Waals surface area contributed by atoms with Crippen LogP contribution < -0.4 is 10.6 Å². The van der Waals surface area contributed by atoms with Crippen LogP contribution in [0.1, 0.15) is 28.8 Å². The maximum absolute atomic E-state index is 12.3. The number of carboxylic acids is 1. The van der Waals surface area contributed by atoms with Crippen LogP contribution in [0.15, 0.2) is 24.3 Å². The van der Waals surface area contributed by atoms with Gasteiger partial charge in [-0.25, -0.2) is 4.79 Å². The summed E-state index contributed by atoms with van der Waals surface area (Å²) in [6.07, 6.45) is 2.48. The van der Waals surface area contributed by atoms with Crippen molar-refractivity contribution in [3.8, 4) is 0 Å². The quantitative estimate of drug-likeness (QED) is 0.695. The predicted octanol–water partition coefficient (Wildman–Crippen LogP) is 1.04. The predicted molar refractivity (Wildman–Crippen MR) is 75.7 cm³/mol. The van der Waals surface area contributed by atoms with Crippen LogP contribution in [0.5, 0.6) is 0 Å². The van der Waals surface area contributed by atoms with Gasteiger partial charge in [0.25, 0.3) is 5.91 Å². The summed E-state index contributed by atoms with van der Waals surface area (Å²) in [6.45, 7) is 0.773. The molecule has 0 aliphatic heterocycles. The van der Waals surface area contributed by atoms with E-state index in [1.165, 1.54) is 0 Å². The Kier molecular flexibility index (Phi) is 4.74. The van der Waals surface area contributed by atoms with E-state index in [9.17, 15) is 9.59 Å². The molecule has 108 valence electrons. The molecule has 1 aliphatic rings. The van der Waals surface area contributed by atoms with E-state index >= 15 is 0 Å². The molecule has 1 aromatic carbocycles. The molecule has 1 aromatic rings. The average molecular weight is 276 g/mol. The molecule has 20 heavy (non-hydrogen) atoms. The number of amides is 1. The lowest BCUT2D eigenvalue weighted by Gasteiger charge is -2.15. The van der Waals surface area contributed by atoms with Gasteiger partial charge in [0, 0.05) is 5.56 Å². The van der Waals surface area contributed by atoms with E-state index in [1.54, 1.807) is 12.1 Å². The maximum Gasteiger partial charge on any atom is 0.326 e. The molecule has 1 unspecified atom stereocenters. The van der Waals surface area contributed by atoms with E-state index < -0.39 is 12.0 Å². The molecule has 1 aliphatic carbocycles. The SMILES string of the molecule is CNCCc1ccccc1C(=O)NC(C(=O)O)C1CC1. The molecule has 0 bridgehead atoms. The first-order chi connectivity index (χ1) is 9.63. The summed E-state index contributed by atoms with van der Waals surface area (Å²) in [5.74, 6) is -1.16. The van der Waals surface area contributed by atoms with E-state index in [0.29, 0.717) is 5.56 Å². The second-order valence-electron chi connectivity index (χ2n) is 5.14. The molecule has 1 saturated carbocycles. The van der Waals surface area contributed by atoms with Gasteiger partial charge in [-0.15, -0.1) is 0 Å². The Morgan fingerprint density at radius 2 is 2.05 bits per heavy atom. The minimum absolute atomic E-state index is 0.0842. The summed E-state index contributed by atoms with van der Waals surface area (Å²) < 4.78 is 0. The second kappa shape index (κ2) is 6.52. The van der Waals surface area contributed by atoms with E-state index in [4.69, 9.17) is 5.11 Å². The van der Waals surface area contributed by atoms with E-state index in [-0.39, 0.29) is 11.8 Å². The fourth-order valence-corrected chi connectivity index (χ4v) is 2.25. The smallest absolute Gasteiger partial charge is 0.326 e. The minimum Gasteiger partial charge on any atom is -0.480 e. The number of hydrogen-bond acceptors (Lipinski definition) is 3. The Labute approximate surface area is 118 Å². The third kappa shape index (κ3) is 3.57. The first kappa shape index (κ1) is 14.5. The molecule has 5 nitrogen and oxygen atoms in total. The highest BCUT2D eigenvalue weighted by Gasteiger charge is 2.37. The largest absolute Gasteiger partial charge is 0.480 e. The lowest BCUT2D eigenvalue weighted by molar-refractivity contribution is -0.139. The van der Waals surface area contributed by atoms with Gasteiger partial charge in [0.05, 0.1) is 0 Å². The van der Waals surface area contributed by atoms with Gasteiger partial charge in [0.2, 0.25) is 0 Å². The molecule has 0 radical (unpaired) electrons. The summed E-state index contributed by atoms with van der Waals surface area (Å²) in [5, 5.41) is 14.9. The molecule has 1 fully saturated rings. The number of hydrogen-bond donors (Lipinski definition) is 3. The van der Waals surface area contributed by atoms with Crippen LogP contribution in [0.4, 0.5) is 0 Å². The molecular formula is C15H20N2O3. The number of nitrogens with one attached hydrogen (secondary N) is 2. The van der Waals surface area contributed by atoms with Crippen LogP contribution in [-0.4, -0.2) is 36.6 Å².